The van der Waals surface area contributed by atoms with Crippen LogP contribution in [-0.2, 0) is 12.8 Å². The molecule has 0 bridgehead atoms. The van der Waals surface area contributed by atoms with Crippen molar-refractivity contribution in [1.29, 1.82) is 0 Å². The van der Waals surface area contributed by atoms with Gasteiger partial charge in [-0.25, -0.2) is 0 Å². The minimum Gasteiger partial charge on any atom is -0.360 e. The lowest BCUT2D eigenvalue weighted by molar-refractivity contribution is 0.0713. The number of hydrogen-bond donors (Lipinski definition) is 0. The van der Waals surface area contributed by atoms with Gasteiger partial charge in [0.2, 0.25) is 0 Å². The molecule has 2 heterocycles. The third-order valence-electron chi connectivity index (χ3n) is 4.13. The SMILES string of the molecule is CC1CCc2onc(C(=O)N3CCCCC3)c2C1. The van der Waals surface area contributed by atoms with Crippen molar-refractivity contribution < 1.29 is 9.32 Å². The topological polar surface area (TPSA) is 46.3 Å². The van der Waals surface area contributed by atoms with E-state index in [1.807, 2.05) is 4.90 Å². The van der Waals surface area contributed by atoms with Gasteiger partial charge in [-0.1, -0.05) is 12.1 Å². The number of amides is 1. The summed E-state index contributed by atoms with van der Waals surface area (Å²) in [5.41, 5.74) is 1.66. The van der Waals surface area contributed by atoms with Crippen LogP contribution >= 0.6 is 0 Å². The van der Waals surface area contributed by atoms with Crippen molar-refractivity contribution in [3.8, 4) is 0 Å². The molecule has 1 aliphatic carbocycles. The predicted octanol–water partition coefficient (Wildman–Crippen LogP) is 2.43. The number of carbonyl (C=O) groups excluding carboxylic acids is 1. The average molecular weight is 248 g/mol. The quantitative estimate of drug-likeness (QED) is 0.766. The zero-order chi connectivity index (χ0) is 12.5. The Morgan fingerprint density at radius 1 is 1.33 bits per heavy atom. The first-order valence-corrected chi connectivity index (χ1v) is 7.02. The molecule has 98 valence electrons. The van der Waals surface area contributed by atoms with Crippen LogP contribution in [-0.4, -0.2) is 29.1 Å². The summed E-state index contributed by atoms with van der Waals surface area (Å²) < 4.78 is 5.35. The largest absolute Gasteiger partial charge is 0.360 e. The van der Waals surface area contributed by atoms with E-state index in [0.717, 1.165) is 56.5 Å². The highest BCUT2D eigenvalue weighted by Gasteiger charge is 2.29. The van der Waals surface area contributed by atoms with Gasteiger partial charge in [-0.2, -0.15) is 0 Å². The van der Waals surface area contributed by atoms with Crippen molar-refractivity contribution in [1.82, 2.24) is 10.1 Å². The van der Waals surface area contributed by atoms with Crippen LogP contribution in [0.1, 0.15) is 54.4 Å². The standard InChI is InChI=1S/C14H20N2O2/c1-10-5-6-12-11(9-10)13(15-18-12)14(17)16-7-3-2-4-8-16/h10H,2-9H2,1H3. The molecule has 4 heteroatoms. The number of likely N-dealkylation sites (tertiary alicyclic amines) is 1. The first-order valence-electron chi connectivity index (χ1n) is 7.02. The van der Waals surface area contributed by atoms with E-state index in [9.17, 15) is 4.79 Å². The normalized spacial score (nSPS) is 23.8. The van der Waals surface area contributed by atoms with Gasteiger partial charge in [-0.3, -0.25) is 4.79 Å². The molecular formula is C14H20N2O2. The summed E-state index contributed by atoms with van der Waals surface area (Å²) in [5.74, 6) is 1.65. The molecule has 0 aromatic carbocycles. The molecule has 0 N–H and O–H groups in total. The van der Waals surface area contributed by atoms with Gasteiger partial charge in [0, 0.05) is 25.1 Å². The van der Waals surface area contributed by atoms with Crippen molar-refractivity contribution in [2.45, 2.75) is 45.4 Å². The Bertz CT molecular complexity index is 447. The van der Waals surface area contributed by atoms with E-state index in [2.05, 4.69) is 12.1 Å². The van der Waals surface area contributed by atoms with Gasteiger partial charge in [-0.15, -0.1) is 0 Å². The number of carbonyl (C=O) groups is 1. The van der Waals surface area contributed by atoms with E-state index >= 15 is 0 Å². The van der Waals surface area contributed by atoms with Crippen LogP contribution in [0.2, 0.25) is 0 Å². The smallest absolute Gasteiger partial charge is 0.276 e. The molecule has 1 saturated heterocycles. The van der Waals surface area contributed by atoms with Gasteiger partial charge >= 0.3 is 0 Å². The average Bonchev–Trinajstić information content (AvgIpc) is 2.82. The third-order valence-corrected chi connectivity index (χ3v) is 4.13. The van der Waals surface area contributed by atoms with Crippen LogP contribution in [0.25, 0.3) is 0 Å². The number of aryl methyl sites for hydroxylation is 1. The summed E-state index contributed by atoms with van der Waals surface area (Å²) in [6.07, 6.45) is 6.46. The Morgan fingerprint density at radius 2 is 2.11 bits per heavy atom. The number of fused-ring (bicyclic) bond motifs is 1. The van der Waals surface area contributed by atoms with Gasteiger partial charge in [0.1, 0.15) is 5.76 Å². The van der Waals surface area contributed by atoms with E-state index in [1.165, 1.54) is 6.42 Å². The maximum absolute atomic E-state index is 12.4. The minimum atomic E-state index is 0.0776. The monoisotopic (exact) mass is 248 g/mol. The molecule has 0 saturated carbocycles. The van der Waals surface area contributed by atoms with Crippen molar-refractivity contribution in [3.05, 3.63) is 17.0 Å². The fourth-order valence-corrected chi connectivity index (χ4v) is 2.99. The lowest BCUT2D eigenvalue weighted by Crippen LogP contribution is -2.36. The minimum absolute atomic E-state index is 0.0776. The van der Waals surface area contributed by atoms with Crippen LogP contribution < -0.4 is 0 Å². The Labute approximate surface area is 107 Å². The Kier molecular flexibility index (Phi) is 3.10. The van der Waals surface area contributed by atoms with Gasteiger partial charge in [0.25, 0.3) is 5.91 Å². The zero-order valence-electron chi connectivity index (χ0n) is 10.9. The Balaban J connectivity index is 1.83. The maximum atomic E-state index is 12.4. The molecule has 0 spiro atoms. The number of piperidine rings is 1. The van der Waals surface area contributed by atoms with Crippen LogP contribution in [0.5, 0.6) is 0 Å². The van der Waals surface area contributed by atoms with Gasteiger partial charge in [0.15, 0.2) is 5.69 Å². The molecule has 1 atom stereocenters. The summed E-state index contributed by atoms with van der Waals surface area (Å²) in [5, 5.41) is 4.04. The van der Waals surface area contributed by atoms with Crippen molar-refractivity contribution in [2.75, 3.05) is 13.1 Å². The molecule has 1 aromatic rings. The fraction of sp³-hybridized carbons (Fsp3) is 0.714. The lowest BCUT2D eigenvalue weighted by Gasteiger charge is -2.26. The van der Waals surface area contributed by atoms with Gasteiger partial charge in [-0.05, 0) is 38.0 Å². The number of rotatable bonds is 1. The summed E-state index contributed by atoms with van der Waals surface area (Å²) in [6, 6.07) is 0. The second-order valence-electron chi connectivity index (χ2n) is 5.63. The summed E-state index contributed by atoms with van der Waals surface area (Å²) in [7, 11) is 0. The summed E-state index contributed by atoms with van der Waals surface area (Å²) in [4.78, 5) is 14.4. The Morgan fingerprint density at radius 3 is 2.89 bits per heavy atom. The fourth-order valence-electron chi connectivity index (χ4n) is 2.99. The van der Waals surface area contributed by atoms with E-state index in [0.29, 0.717) is 11.6 Å². The summed E-state index contributed by atoms with van der Waals surface area (Å²) in [6.45, 7) is 3.97. The zero-order valence-corrected chi connectivity index (χ0v) is 10.9. The van der Waals surface area contributed by atoms with E-state index < -0.39 is 0 Å². The van der Waals surface area contributed by atoms with Crippen LogP contribution in [0.3, 0.4) is 0 Å². The first-order chi connectivity index (χ1) is 8.75. The molecule has 1 aliphatic heterocycles. The van der Waals surface area contributed by atoms with Gasteiger partial charge < -0.3 is 9.42 Å². The molecule has 1 unspecified atom stereocenters. The molecular weight excluding hydrogens is 228 g/mol. The van der Waals surface area contributed by atoms with E-state index in [4.69, 9.17) is 4.52 Å². The highest BCUT2D eigenvalue weighted by Crippen LogP contribution is 2.28. The molecule has 1 amide bonds. The lowest BCUT2D eigenvalue weighted by atomic mass is 9.88. The predicted molar refractivity (Wildman–Crippen MR) is 67.4 cm³/mol. The number of nitrogens with zero attached hydrogens (tertiary/aromatic N) is 2. The van der Waals surface area contributed by atoms with Crippen molar-refractivity contribution in [2.24, 2.45) is 5.92 Å². The molecule has 3 rings (SSSR count). The van der Waals surface area contributed by atoms with Crippen molar-refractivity contribution >= 4 is 5.91 Å². The first kappa shape index (κ1) is 11.8. The van der Waals surface area contributed by atoms with Crippen LogP contribution in [0.15, 0.2) is 4.52 Å². The Hall–Kier alpha value is -1.32. The summed E-state index contributed by atoms with van der Waals surface area (Å²) >= 11 is 0. The number of hydrogen-bond acceptors (Lipinski definition) is 3. The van der Waals surface area contributed by atoms with Crippen LogP contribution in [0, 0.1) is 5.92 Å². The molecule has 1 aromatic heterocycles. The highest BCUT2D eigenvalue weighted by atomic mass is 16.5. The maximum Gasteiger partial charge on any atom is 0.276 e. The van der Waals surface area contributed by atoms with Crippen molar-refractivity contribution in [3.63, 3.8) is 0 Å². The van der Waals surface area contributed by atoms with E-state index in [-0.39, 0.29) is 5.91 Å². The molecule has 2 aliphatic rings. The van der Waals surface area contributed by atoms with E-state index in [1.54, 1.807) is 0 Å². The molecule has 4 nitrogen and oxygen atoms in total. The number of aromatic nitrogens is 1. The van der Waals surface area contributed by atoms with Crippen LogP contribution in [0.4, 0.5) is 0 Å². The third kappa shape index (κ3) is 2.04. The molecule has 1 fully saturated rings. The van der Waals surface area contributed by atoms with Gasteiger partial charge in [0.05, 0.1) is 0 Å². The molecule has 0 radical (unpaired) electrons. The molecule has 18 heavy (non-hydrogen) atoms. The second kappa shape index (κ2) is 4.75. The highest BCUT2D eigenvalue weighted by molar-refractivity contribution is 5.94. The second-order valence-corrected chi connectivity index (χ2v) is 5.63.